The number of H-pyrrole nitrogens is 3. The van der Waals surface area contributed by atoms with Gasteiger partial charge < -0.3 is 34.4 Å². The van der Waals surface area contributed by atoms with Gasteiger partial charge in [0.2, 0.25) is 0 Å². The summed E-state index contributed by atoms with van der Waals surface area (Å²) >= 11 is 0. The summed E-state index contributed by atoms with van der Waals surface area (Å²) in [6.07, 6.45) is 5.53. The molecule has 3 N–H and O–H groups in total. The van der Waals surface area contributed by atoms with Gasteiger partial charge in [0.25, 0.3) is 5.91 Å². The van der Waals surface area contributed by atoms with Crippen LogP contribution in [0.4, 0.5) is 4.79 Å². The summed E-state index contributed by atoms with van der Waals surface area (Å²) in [5.41, 5.74) is 4.30. The Hall–Kier alpha value is -4.32. The Morgan fingerprint density at radius 3 is 2.28 bits per heavy atom. The lowest BCUT2D eigenvalue weighted by atomic mass is 9.98. The van der Waals surface area contributed by atoms with Gasteiger partial charge in [-0.15, -0.1) is 0 Å². The van der Waals surface area contributed by atoms with Crippen LogP contribution < -0.4 is 11.4 Å². The van der Waals surface area contributed by atoms with Crippen molar-refractivity contribution in [1.82, 2.24) is 34.2 Å². The number of aryl methyl sites for hydroxylation is 1. The summed E-state index contributed by atoms with van der Waals surface area (Å²) in [6, 6.07) is 11.9. The van der Waals surface area contributed by atoms with Gasteiger partial charge in [-0.1, -0.05) is 24.6 Å². The highest BCUT2D eigenvalue weighted by molar-refractivity contribution is 5.85. The number of likely N-dealkylation sites (tertiary alicyclic amines) is 3. The fraction of sp³-hybridized carbons (Fsp3) is 0.529. The molecule has 0 saturated carbocycles. The van der Waals surface area contributed by atoms with Gasteiger partial charge in [-0.3, -0.25) is 9.36 Å². The molecule has 1 unspecified atom stereocenters. The molecule has 12 heteroatoms. The third-order valence-corrected chi connectivity index (χ3v) is 10.2. The third kappa shape index (κ3) is 6.10. The monoisotopic (exact) mass is 629 g/mol. The predicted molar refractivity (Wildman–Crippen MR) is 175 cm³/mol. The molecule has 2 aromatic heterocycles. The minimum atomic E-state index is -0.990. The number of carbonyl (C=O) groups excluding carboxylic acids is 2. The molecule has 7 rings (SSSR count). The van der Waals surface area contributed by atoms with Crippen LogP contribution in [-0.2, 0) is 16.0 Å². The number of imidazole rings is 2. The molecular weight excluding hydrogens is 586 g/mol. The number of aromatic amines is 3. The third-order valence-electron chi connectivity index (χ3n) is 10.2. The molecule has 3 fully saturated rings. The van der Waals surface area contributed by atoms with E-state index in [2.05, 4.69) is 19.9 Å². The van der Waals surface area contributed by atoms with Crippen molar-refractivity contribution in [2.45, 2.75) is 76.5 Å². The van der Waals surface area contributed by atoms with Crippen LogP contribution in [0.2, 0.25) is 0 Å². The van der Waals surface area contributed by atoms with E-state index < -0.39 is 12.2 Å². The first kappa shape index (κ1) is 30.3. The van der Waals surface area contributed by atoms with Gasteiger partial charge in [0.1, 0.15) is 0 Å². The average Bonchev–Trinajstić information content (AvgIpc) is 3.63. The number of piperidine rings is 3. The predicted octanol–water partition coefficient (Wildman–Crippen LogP) is 3.67. The number of ether oxygens (including phenoxy) is 1. The number of hydrogen-bond donors (Lipinski definition) is 3. The first-order valence-electron chi connectivity index (χ1n) is 16.7. The van der Waals surface area contributed by atoms with Crippen LogP contribution >= 0.6 is 0 Å². The Labute approximate surface area is 266 Å². The lowest BCUT2D eigenvalue weighted by Crippen LogP contribution is -2.52. The highest BCUT2D eigenvalue weighted by Crippen LogP contribution is 2.27. The zero-order chi connectivity index (χ0) is 31.8. The number of fused-ring (bicyclic) bond motifs is 2. The maximum Gasteiger partial charge on any atom is 0.410 e. The fourth-order valence-corrected chi connectivity index (χ4v) is 7.78. The van der Waals surface area contributed by atoms with E-state index in [1.807, 2.05) is 48.2 Å². The molecule has 3 aliphatic rings. The van der Waals surface area contributed by atoms with Gasteiger partial charge in [0, 0.05) is 44.7 Å². The van der Waals surface area contributed by atoms with Crippen molar-refractivity contribution >= 4 is 34.1 Å². The highest BCUT2D eigenvalue weighted by atomic mass is 16.6. The number of amides is 2. The van der Waals surface area contributed by atoms with E-state index in [0.717, 1.165) is 53.6 Å². The normalized spacial score (nSPS) is 19.6. The van der Waals surface area contributed by atoms with Gasteiger partial charge in [-0.05, 0) is 87.9 Å². The topological polar surface area (TPSA) is 140 Å². The zero-order valence-electron chi connectivity index (χ0n) is 26.4. The average molecular weight is 630 g/mol. The van der Waals surface area contributed by atoms with Crippen molar-refractivity contribution in [2.24, 2.45) is 0 Å². The molecule has 1 atom stereocenters. The number of para-hydroxylation sites is 2. The first-order valence-corrected chi connectivity index (χ1v) is 16.7. The van der Waals surface area contributed by atoms with Crippen LogP contribution in [0.1, 0.15) is 62.1 Å². The molecular formula is C34H43N7O5. The van der Waals surface area contributed by atoms with Crippen molar-refractivity contribution < 1.29 is 14.3 Å². The van der Waals surface area contributed by atoms with Gasteiger partial charge in [0.15, 0.2) is 6.10 Å². The molecule has 5 heterocycles. The second-order valence-corrected chi connectivity index (χ2v) is 13.2. The molecule has 2 amide bonds. The van der Waals surface area contributed by atoms with Crippen molar-refractivity contribution in [3.8, 4) is 0 Å². The molecule has 3 saturated heterocycles. The number of benzene rings is 2. The van der Waals surface area contributed by atoms with E-state index in [9.17, 15) is 19.2 Å². The number of aromatic nitrogens is 4. The molecule has 0 spiro atoms. The minimum absolute atomic E-state index is 0.0375. The van der Waals surface area contributed by atoms with E-state index in [1.54, 1.807) is 9.47 Å². The Kier molecular flexibility index (Phi) is 8.46. The molecule has 46 heavy (non-hydrogen) atoms. The van der Waals surface area contributed by atoms with E-state index in [4.69, 9.17) is 4.74 Å². The van der Waals surface area contributed by atoms with Crippen LogP contribution in [0.5, 0.6) is 0 Å². The summed E-state index contributed by atoms with van der Waals surface area (Å²) in [6.45, 7) is 6.30. The largest absolute Gasteiger partial charge is 0.436 e. The van der Waals surface area contributed by atoms with Crippen LogP contribution in [0, 0.1) is 6.92 Å². The van der Waals surface area contributed by atoms with Gasteiger partial charge in [-0.2, -0.15) is 0 Å². The number of rotatable bonds is 6. The van der Waals surface area contributed by atoms with Gasteiger partial charge in [-0.25, -0.2) is 14.4 Å². The van der Waals surface area contributed by atoms with E-state index in [0.29, 0.717) is 50.6 Å². The Bertz CT molecular complexity index is 1830. The SMILES string of the molecule is Cc1cc(CC(OC(=O)N2CCC(n3c(=O)[nH]c4ccccc43)CC2)C(=O)N2CCC(N3CCCCC3)CC2)cc2[nH]c(=O)[nH]c12. The lowest BCUT2D eigenvalue weighted by molar-refractivity contribution is -0.142. The summed E-state index contributed by atoms with van der Waals surface area (Å²) in [5.74, 6) is -0.175. The van der Waals surface area contributed by atoms with Crippen molar-refractivity contribution in [3.05, 3.63) is 68.5 Å². The van der Waals surface area contributed by atoms with Crippen LogP contribution in [0.25, 0.3) is 22.1 Å². The standard InChI is InChI=1S/C34H43N7O5/c1-22-19-23(20-27-30(22)37-32(43)35-27)21-29(31(42)39-15-9-24(10-16-39)38-13-5-2-6-14-38)46-34(45)40-17-11-25(12-18-40)41-28-8-4-3-7-26(28)36-33(41)44/h3-4,7-8,19-20,24-25,29H,2,5-6,9-18,21H2,1H3,(H,36,44)(H2,35,37,43). The fourth-order valence-electron chi connectivity index (χ4n) is 7.78. The highest BCUT2D eigenvalue weighted by Gasteiger charge is 2.35. The summed E-state index contributed by atoms with van der Waals surface area (Å²) in [4.78, 5) is 67.0. The van der Waals surface area contributed by atoms with E-state index >= 15 is 0 Å². The first-order chi connectivity index (χ1) is 22.3. The second-order valence-electron chi connectivity index (χ2n) is 13.2. The number of nitrogens with zero attached hydrogens (tertiary/aromatic N) is 4. The van der Waals surface area contributed by atoms with Crippen LogP contribution in [0.15, 0.2) is 46.0 Å². The smallest absolute Gasteiger partial charge is 0.410 e. The number of hydrogen-bond acceptors (Lipinski definition) is 6. The summed E-state index contributed by atoms with van der Waals surface area (Å²) in [7, 11) is 0. The van der Waals surface area contributed by atoms with Crippen molar-refractivity contribution in [2.75, 3.05) is 39.3 Å². The van der Waals surface area contributed by atoms with E-state index in [1.165, 1.54) is 19.3 Å². The quantitative estimate of drug-likeness (QED) is 0.298. The van der Waals surface area contributed by atoms with E-state index in [-0.39, 0.29) is 29.7 Å². The number of carbonyl (C=O) groups is 2. The van der Waals surface area contributed by atoms with Crippen LogP contribution in [0.3, 0.4) is 0 Å². The minimum Gasteiger partial charge on any atom is -0.436 e. The number of nitrogens with one attached hydrogen (secondary N) is 3. The van der Waals surface area contributed by atoms with Gasteiger partial charge in [0.05, 0.1) is 22.1 Å². The molecule has 12 nitrogen and oxygen atoms in total. The van der Waals surface area contributed by atoms with Crippen molar-refractivity contribution in [3.63, 3.8) is 0 Å². The second kappa shape index (κ2) is 12.8. The maximum absolute atomic E-state index is 14.0. The summed E-state index contributed by atoms with van der Waals surface area (Å²) < 4.78 is 7.85. The van der Waals surface area contributed by atoms with Crippen molar-refractivity contribution in [1.29, 1.82) is 0 Å². The Morgan fingerprint density at radius 2 is 1.52 bits per heavy atom. The maximum atomic E-state index is 14.0. The Morgan fingerprint density at radius 1 is 0.826 bits per heavy atom. The van der Waals surface area contributed by atoms with Crippen LogP contribution in [-0.4, -0.2) is 97.6 Å². The molecule has 0 radical (unpaired) electrons. The molecule has 2 aromatic carbocycles. The summed E-state index contributed by atoms with van der Waals surface area (Å²) in [5, 5.41) is 0. The molecule has 244 valence electrons. The molecule has 3 aliphatic heterocycles. The molecule has 4 aromatic rings. The van der Waals surface area contributed by atoms with Gasteiger partial charge >= 0.3 is 17.5 Å². The zero-order valence-corrected chi connectivity index (χ0v) is 26.4. The lowest BCUT2D eigenvalue weighted by Gasteiger charge is -2.41. The molecule has 0 bridgehead atoms. The Balaban J connectivity index is 1.05. The molecule has 0 aliphatic carbocycles.